The molecule has 4 bridgehead atoms. The Kier molecular flexibility index (Phi) is 5.93. The van der Waals surface area contributed by atoms with Gasteiger partial charge in [-0.25, -0.2) is 0 Å². The first kappa shape index (κ1) is 20.4. The minimum Gasteiger partial charge on any atom is -0.369 e. The zero-order chi connectivity index (χ0) is 20.4. The molecule has 1 aliphatic heterocycles. The van der Waals surface area contributed by atoms with Gasteiger partial charge in [-0.2, -0.15) is 0 Å². The fourth-order valence-electron chi connectivity index (χ4n) is 6.61. The fourth-order valence-corrected chi connectivity index (χ4v) is 6.61. The number of amides is 2. The molecule has 6 nitrogen and oxygen atoms in total. The first-order chi connectivity index (χ1) is 14.0. The highest BCUT2D eigenvalue weighted by molar-refractivity contribution is 5.90. The third kappa shape index (κ3) is 4.19. The summed E-state index contributed by atoms with van der Waals surface area (Å²) in [6, 6.07) is 10.7. The molecule has 5 aliphatic rings. The van der Waals surface area contributed by atoms with E-state index in [9.17, 15) is 9.59 Å². The van der Waals surface area contributed by atoms with E-state index in [2.05, 4.69) is 40.5 Å². The number of hydrogen-bond donors (Lipinski definition) is 3. The molecule has 1 heterocycles. The molecule has 2 amide bonds. The zero-order valence-corrected chi connectivity index (χ0v) is 17.2. The van der Waals surface area contributed by atoms with Crippen molar-refractivity contribution in [1.82, 2.24) is 10.2 Å². The number of nitrogens with zero attached hydrogens (tertiary/aromatic N) is 1. The second-order valence-corrected chi connectivity index (χ2v) is 9.52. The lowest BCUT2D eigenvalue weighted by atomic mass is 9.44. The van der Waals surface area contributed by atoms with Crippen LogP contribution in [0.2, 0.25) is 0 Å². The van der Waals surface area contributed by atoms with Crippen LogP contribution in [-0.2, 0) is 16.1 Å². The van der Waals surface area contributed by atoms with Crippen molar-refractivity contribution in [2.24, 2.45) is 40.6 Å². The van der Waals surface area contributed by atoms with Crippen LogP contribution in [0.4, 0.5) is 0 Å². The number of nitrogens with one attached hydrogen (secondary N) is 1. The Hall–Kier alpha value is -1.92. The predicted molar refractivity (Wildman–Crippen MR) is 112 cm³/mol. The Morgan fingerprint density at radius 3 is 2.17 bits per heavy atom. The quantitative estimate of drug-likeness (QED) is 0.715. The fraction of sp³-hybridized carbons (Fsp3) is 0.652. The summed E-state index contributed by atoms with van der Waals surface area (Å²) in [6.07, 6.45) is 4.95. The molecule has 1 aromatic carbocycles. The normalized spacial score (nSPS) is 35.6. The van der Waals surface area contributed by atoms with Crippen molar-refractivity contribution in [3.63, 3.8) is 0 Å². The molecule has 0 spiro atoms. The second-order valence-electron chi connectivity index (χ2n) is 9.52. The van der Waals surface area contributed by atoms with Crippen molar-refractivity contribution in [3.05, 3.63) is 35.9 Å². The zero-order valence-electron chi connectivity index (χ0n) is 17.2. The number of carbonyl (C=O) groups is 2. The summed E-state index contributed by atoms with van der Waals surface area (Å²) in [7, 11) is 0. The maximum Gasteiger partial charge on any atom is 0.224 e. The van der Waals surface area contributed by atoms with Gasteiger partial charge in [0.2, 0.25) is 11.8 Å². The van der Waals surface area contributed by atoms with Gasteiger partial charge in [0.25, 0.3) is 0 Å². The minimum absolute atomic E-state index is 0.294. The summed E-state index contributed by atoms with van der Waals surface area (Å²) in [5.74, 6) is 0.605. The van der Waals surface area contributed by atoms with Crippen molar-refractivity contribution >= 4 is 11.8 Å². The standard InChI is InChI=1S/C12H18N2O2.C11H16N2/c13-10(15)9-8-2-6-1-7(3-8)5-12(9,4-6)11(14)16;1-2-4-11(5-3-1)10-13-8-6-12-7-9-13/h6-9H,1-5H2,(H2,13,15)(H2,14,16);1-5,12H,6-10H2. The molecule has 6 heteroatoms. The molecule has 3 atom stereocenters. The van der Waals surface area contributed by atoms with Crippen LogP contribution in [0.25, 0.3) is 0 Å². The smallest absolute Gasteiger partial charge is 0.224 e. The van der Waals surface area contributed by atoms with Gasteiger partial charge in [0.05, 0.1) is 11.3 Å². The highest BCUT2D eigenvalue weighted by atomic mass is 16.2. The van der Waals surface area contributed by atoms with Crippen molar-refractivity contribution < 1.29 is 9.59 Å². The van der Waals surface area contributed by atoms with Crippen molar-refractivity contribution in [2.45, 2.75) is 38.6 Å². The molecule has 158 valence electrons. The lowest BCUT2D eigenvalue weighted by Gasteiger charge is -2.58. The van der Waals surface area contributed by atoms with Gasteiger partial charge in [0.15, 0.2) is 0 Å². The molecule has 1 aromatic rings. The van der Waals surface area contributed by atoms with Crippen LogP contribution >= 0.6 is 0 Å². The van der Waals surface area contributed by atoms with Crippen LogP contribution in [-0.4, -0.2) is 42.9 Å². The largest absolute Gasteiger partial charge is 0.369 e. The Balaban J connectivity index is 0.000000145. The molecular weight excluding hydrogens is 364 g/mol. The van der Waals surface area contributed by atoms with Gasteiger partial charge in [-0.1, -0.05) is 30.3 Å². The average molecular weight is 399 g/mol. The highest BCUT2D eigenvalue weighted by Crippen LogP contribution is 2.62. The van der Waals surface area contributed by atoms with E-state index in [1.807, 2.05) is 0 Å². The third-order valence-electron chi connectivity index (χ3n) is 7.57. The second kappa shape index (κ2) is 8.44. The monoisotopic (exact) mass is 398 g/mol. The van der Waals surface area contributed by atoms with Crippen LogP contribution in [0.5, 0.6) is 0 Å². The topological polar surface area (TPSA) is 101 Å². The molecular formula is C23H34N4O2. The van der Waals surface area contributed by atoms with Crippen LogP contribution in [0.3, 0.4) is 0 Å². The third-order valence-corrected chi connectivity index (χ3v) is 7.57. The molecule has 6 rings (SSSR count). The average Bonchev–Trinajstić information content (AvgIpc) is 2.69. The van der Waals surface area contributed by atoms with Crippen LogP contribution in [0.15, 0.2) is 30.3 Å². The first-order valence-electron chi connectivity index (χ1n) is 11.0. The summed E-state index contributed by atoms with van der Waals surface area (Å²) in [5, 5.41) is 3.36. The van der Waals surface area contributed by atoms with E-state index in [0.717, 1.165) is 45.3 Å². The van der Waals surface area contributed by atoms with Gasteiger partial charge in [-0.05, 0) is 55.4 Å². The predicted octanol–water partition coefficient (Wildman–Crippen LogP) is 1.49. The van der Waals surface area contributed by atoms with E-state index in [4.69, 9.17) is 11.5 Å². The molecule has 5 fully saturated rings. The molecule has 0 aromatic heterocycles. The van der Waals surface area contributed by atoms with E-state index in [-0.39, 0.29) is 17.7 Å². The summed E-state index contributed by atoms with van der Waals surface area (Å²) in [6.45, 7) is 5.71. The Bertz CT molecular complexity index is 718. The van der Waals surface area contributed by atoms with Gasteiger partial charge in [-0.15, -0.1) is 0 Å². The Morgan fingerprint density at radius 2 is 1.62 bits per heavy atom. The summed E-state index contributed by atoms with van der Waals surface area (Å²) in [4.78, 5) is 25.9. The number of carbonyl (C=O) groups excluding carboxylic acids is 2. The molecule has 5 N–H and O–H groups in total. The first-order valence-corrected chi connectivity index (χ1v) is 11.0. The molecule has 4 saturated carbocycles. The van der Waals surface area contributed by atoms with Gasteiger partial charge in [0, 0.05) is 32.7 Å². The molecule has 1 saturated heterocycles. The van der Waals surface area contributed by atoms with Gasteiger partial charge >= 0.3 is 0 Å². The number of benzene rings is 1. The summed E-state index contributed by atoms with van der Waals surface area (Å²) < 4.78 is 0. The Labute approximate surface area is 173 Å². The number of nitrogens with two attached hydrogens (primary N) is 2. The maximum atomic E-state index is 11.8. The summed E-state index contributed by atoms with van der Waals surface area (Å²) in [5.41, 5.74) is 11.9. The van der Waals surface area contributed by atoms with Crippen molar-refractivity contribution in [1.29, 1.82) is 0 Å². The van der Waals surface area contributed by atoms with E-state index in [1.54, 1.807) is 0 Å². The number of hydrogen-bond acceptors (Lipinski definition) is 4. The number of rotatable bonds is 4. The lowest BCUT2D eigenvalue weighted by molar-refractivity contribution is -0.165. The number of piperazine rings is 1. The van der Waals surface area contributed by atoms with E-state index >= 15 is 0 Å². The lowest BCUT2D eigenvalue weighted by Crippen LogP contribution is -2.61. The van der Waals surface area contributed by atoms with Crippen LogP contribution < -0.4 is 16.8 Å². The van der Waals surface area contributed by atoms with Crippen LogP contribution in [0.1, 0.15) is 37.7 Å². The van der Waals surface area contributed by atoms with Crippen molar-refractivity contribution in [2.75, 3.05) is 26.2 Å². The van der Waals surface area contributed by atoms with Crippen LogP contribution in [0, 0.1) is 29.1 Å². The maximum absolute atomic E-state index is 11.8. The summed E-state index contributed by atoms with van der Waals surface area (Å²) >= 11 is 0. The minimum atomic E-state index is -0.597. The molecule has 3 unspecified atom stereocenters. The highest BCUT2D eigenvalue weighted by Gasteiger charge is 2.61. The number of primary amides is 2. The van der Waals surface area contributed by atoms with E-state index in [0.29, 0.717) is 17.8 Å². The molecule has 29 heavy (non-hydrogen) atoms. The molecule has 0 radical (unpaired) electrons. The Morgan fingerprint density at radius 1 is 1.00 bits per heavy atom. The van der Waals surface area contributed by atoms with Crippen molar-refractivity contribution in [3.8, 4) is 0 Å². The van der Waals surface area contributed by atoms with Gasteiger partial charge in [0.1, 0.15) is 0 Å². The van der Waals surface area contributed by atoms with Gasteiger partial charge < -0.3 is 16.8 Å². The SMILES string of the molecule is NC(=O)C1C2CC3CC(C2)CC1(C(N)=O)C3.c1ccc(CN2CCNCC2)cc1. The van der Waals surface area contributed by atoms with E-state index < -0.39 is 5.41 Å². The molecule has 4 aliphatic carbocycles. The van der Waals surface area contributed by atoms with E-state index in [1.165, 1.54) is 25.1 Å². The van der Waals surface area contributed by atoms with Gasteiger partial charge in [-0.3, -0.25) is 14.5 Å².